The van der Waals surface area contributed by atoms with Crippen molar-refractivity contribution in [2.24, 2.45) is 0 Å². The van der Waals surface area contributed by atoms with Gasteiger partial charge in [0.15, 0.2) is 0 Å². The summed E-state index contributed by atoms with van der Waals surface area (Å²) in [5.41, 5.74) is 5.38. The maximum absolute atomic E-state index is 12.6. The number of amides is 1. The summed E-state index contributed by atoms with van der Waals surface area (Å²) in [6.07, 6.45) is -10.2. The van der Waals surface area contributed by atoms with Crippen LogP contribution in [0.3, 0.4) is 0 Å². The van der Waals surface area contributed by atoms with E-state index in [0.29, 0.717) is 23.7 Å². The lowest BCUT2D eigenvalue weighted by molar-refractivity contribution is -0.193. The molecule has 0 aliphatic carbocycles. The molecule has 0 radical (unpaired) electrons. The van der Waals surface area contributed by atoms with Crippen LogP contribution in [0.2, 0.25) is 0 Å². The number of methoxy groups -OCH3 is 1. The van der Waals surface area contributed by atoms with Gasteiger partial charge in [0.25, 0.3) is 5.91 Å². The Labute approximate surface area is 271 Å². The van der Waals surface area contributed by atoms with Gasteiger partial charge in [-0.15, -0.1) is 0 Å². The van der Waals surface area contributed by atoms with Crippen molar-refractivity contribution < 1.29 is 60.5 Å². The summed E-state index contributed by atoms with van der Waals surface area (Å²) >= 11 is 0. The first kappa shape index (κ1) is 39.2. The second-order valence-corrected chi connectivity index (χ2v) is 10.4. The van der Waals surface area contributed by atoms with Crippen LogP contribution in [-0.2, 0) is 27.4 Å². The number of nitrogens with zero attached hydrogens (tertiary/aromatic N) is 1. The smallest absolute Gasteiger partial charge is 0.475 e. The molecule has 0 saturated carbocycles. The summed E-state index contributed by atoms with van der Waals surface area (Å²) in [6.45, 7) is 6.71. The van der Waals surface area contributed by atoms with Crippen molar-refractivity contribution in [1.82, 2.24) is 15.5 Å². The van der Waals surface area contributed by atoms with Gasteiger partial charge in [0.1, 0.15) is 0 Å². The predicted octanol–water partition coefficient (Wildman–Crippen LogP) is 5.13. The molecule has 3 aromatic rings. The van der Waals surface area contributed by atoms with Crippen LogP contribution in [0.1, 0.15) is 38.8 Å². The van der Waals surface area contributed by atoms with Gasteiger partial charge in [-0.25, -0.2) is 14.4 Å². The number of hydrogen-bond acceptors (Lipinski definition) is 7. The number of esters is 1. The molecular weight excluding hydrogens is 652 g/mol. The molecule has 0 bridgehead atoms. The van der Waals surface area contributed by atoms with Gasteiger partial charge in [0.2, 0.25) is 0 Å². The fourth-order valence-corrected chi connectivity index (χ4v) is 4.31. The average molecular weight is 686 g/mol. The zero-order valence-electron chi connectivity index (χ0n) is 25.7. The molecule has 0 aromatic heterocycles. The lowest BCUT2D eigenvalue weighted by Gasteiger charge is -2.31. The molecule has 4 N–H and O–H groups in total. The maximum Gasteiger partial charge on any atom is 0.490 e. The highest BCUT2D eigenvalue weighted by Gasteiger charge is 2.38. The van der Waals surface area contributed by atoms with Crippen LogP contribution in [0, 0.1) is 0 Å². The van der Waals surface area contributed by atoms with Gasteiger partial charge in [0.05, 0.1) is 12.7 Å². The van der Waals surface area contributed by atoms with Gasteiger partial charge < -0.3 is 25.6 Å². The minimum Gasteiger partial charge on any atom is -0.475 e. The molecule has 1 aliphatic heterocycles. The van der Waals surface area contributed by atoms with Crippen molar-refractivity contribution >= 4 is 23.8 Å². The number of nitrogens with one attached hydrogen (secondary N) is 2. The molecule has 1 heterocycles. The van der Waals surface area contributed by atoms with Crippen molar-refractivity contribution in [3.05, 3.63) is 95.1 Å². The van der Waals surface area contributed by atoms with Gasteiger partial charge in [-0.2, -0.15) is 26.3 Å². The number of hydrogen-bond donors (Lipinski definition) is 4. The van der Waals surface area contributed by atoms with Crippen molar-refractivity contribution in [3.8, 4) is 11.1 Å². The predicted molar refractivity (Wildman–Crippen MR) is 161 cm³/mol. The van der Waals surface area contributed by atoms with Gasteiger partial charge in [-0.3, -0.25) is 9.69 Å². The van der Waals surface area contributed by atoms with E-state index in [9.17, 15) is 35.9 Å². The van der Waals surface area contributed by atoms with Crippen LogP contribution in [0.15, 0.2) is 72.8 Å². The summed E-state index contributed by atoms with van der Waals surface area (Å²) in [6, 6.07) is 23.9. The molecular formula is C32H33F6N3O7. The molecule has 1 amide bonds. The van der Waals surface area contributed by atoms with Crippen LogP contribution in [0.4, 0.5) is 26.3 Å². The zero-order chi connectivity index (χ0) is 36.1. The number of piperazine rings is 1. The first-order chi connectivity index (χ1) is 22.4. The maximum atomic E-state index is 12.6. The third-order valence-corrected chi connectivity index (χ3v) is 6.53. The van der Waals surface area contributed by atoms with E-state index in [1.165, 1.54) is 18.2 Å². The highest BCUT2D eigenvalue weighted by Crippen LogP contribution is 2.23. The van der Waals surface area contributed by atoms with E-state index in [2.05, 4.69) is 58.9 Å². The second-order valence-electron chi connectivity index (χ2n) is 10.4. The quantitative estimate of drug-likeness (QED) is 0.197. The molecule has 260 valence electrons. The molecule has 1 atom stereocenters. The van der Waals surface area contributed by atoms with Crippen LogP contribution in [0.5, 0.6) is 0 Å². The van der Waals surface area contributed by atoms with Gasteiger partial charge in [-0.1, -0.05) is 42.5 Å². The van der Waals surface area contributed by atoms with Crippen LogP contribution < -0.4 is 10.6 Å². The third kappa shape index (κ3) is 13.4. The van der Waals surface area contributed by atoms with Crippen molar-refractivity contribution in [2.45, 2.75) is 38.4 Å². The first-order valence-electron chi connectivity index (χ1n) is 14.1. The number of alkyl halides is 6. The fourth-order valence-electron chi connectivity index (χ4n) is 4.31. The van der Waals surface area contributed by atoms with E-state index in [1.54, 1.807) is 24.3 Å². The van der Waals surface area contributed by atoms with Crippen molar-refractivity contribution in [1.29, 1.82) is 0 Å². The number of carbonyl (C=O) groups excluding carboxylic acids is 2. The first-order valence-corrected chi connectivity index (χ1v) is 14.1. The van der Waals surface area contributed by atoms with Crippen LogP contribution in [0.25, 0.3) is 11.1 Å². The number of ether oxygens (including phenoxy) is 1. The number of carboxylic acids is 2. The summed E-state index contributed by atoms with van der Waals surface area (Å²) in [5, 5.41) is 20.7. The molecule has 1 unspecified atom stereocenters. The highest BCUT2D eigenvalue weighted by molar-refractivity contribution is 5.97. The third-order valence-electron chi connectivity index (χ3n) is 6.53. The molecule has 1 fully saturated rings. The minimum atomic E-state index is -5.08. The molecule has 1 aliphatic rings. The molecule has 3 aromatic carbocycles. The lowest BCUT2D eigenvalue weighted by Crippen LogP contribution is -2.48. The van der Waals surface area contributed by atoms with Gasteiger partial charge >= 0.3 is 30.3 Å². The number of benzene rings is 3. The Kier molecular flexibility index (Phi) is 14.6. The van der Waals surface area contributed by atoms with E-state index in [-0.39, 0.29) is 5.91 Å². The number of carbonyl (C=O) groups is 4. The Morgan fingerprint density at radius 2 is 1.33 bits per heavy atom. The van der Waals surface area contributed by atoms with E-state index < -0.39 is 30.3 Å². The summed E-state index contributed by atoms with van der Waals surface area (Å²) < 4.78 is 68.2. The minimum absolute atomic E-state index is 0.233. The Hall–Kier alpha value is -4.96. The number of rotatable bonds is 7. The Morgan fingerprint density at radius 3 is 1.85 bits per heavy atom. The normalized spacial score (nSPS) is 14.7. The number of carboxylic acid groups (broad SMARTS) is 2. The second kappa shape index (κ2) is 17.8. The average Bonchev–Trinajstić information content (AvgIpc) is 3.03. The van der Waals surface area contributed by atoms with Gasteiger partial charge in [-0.05, 0) is 59.5 Å². The van der Waals surface area contributed by atoms with Crippen LogP contribution in [-0.4, -0.2) is 84.1 Å². The molecule has 4 rings (SSSR count). The van der Waals surface area contributed by atoms with Crippen molar-refractivity contribution in [3.63, 3.8) is 0 Å². The summed E-state index contributed by atoms with van der Waals surface area (Å²) in [5.74, 6) is -6.21. The summed E-state index contributed by atoms with van der Waals surface area (Å²) in [7, 11) is 1.32. The largest absolute Gasteiger partial charge is 0.490 e. The Morgan fingerprint density at radius 1 is 0.833 bits per heavy atom. The number of halogens is 6. The number of aliphatic carboxylic acids is 2. The molecule has 1 saturated heterocycles. The standard InChI is InChI=1S/C28H31N3O3.2C2HF3O2/c1-20-18-31(13-12-29-20)19-22-7-4-9-24(15-22)23-8-3-6-21(14-23)17-30-27(32)25-10-5-11-26(16-25)28(33)34-2;2*3-2(4,5)1(6)7/h3-11,14-16,20,29H,12-13,17-19H2,1-2H3,(H,30,32);2*(H,6,7). The lowest BCUT2D eigenvalue weighted by atomic mass is 10.0. The van der Waals surface area contributed by atoms with Crippen LogP contribution >= 0.6 is 0 Å². The van der Waals surface area contributed by atoms with Crippen molar-refractivity contribution in [2.75, 3.05) is 26.7 Å². The van der Waals surface area contributed by atoms with E-state index in [4.69, 9.17) is 24.5 Å². The van der Waals surface area contributed by atoms with E-state index >= 15 is 0 Å². The topological polar surface area (TPSA) is 145 Å². The highest BCUT2D eigenvalue weighted by atomic mass is 19.4. The molecule has 16 heteroatoms. The molecule has 10 nitrogen and oxygen atoms in total. The fraction of sp³-hybridized carbons (Fsp3) is 0.312. The molecule has 0 spiro atoms. The Bertz CT molecular complexity index is 1540. The SMILES string of the molecule is COC(=O)c1cccc(C(=O)NCc2cccc(-c3cccc(CN4CCNC(C)C4)c3)c2)c1.O=C(O)C(F)(F)F.O=C(O)C(F)(F)F. The molecule has 48 heavy (non-hydrogen) atoms. The van der Waals surface area contributed by atoms with E-state index in [1.807, 2.05) is 12.1 Å². The Balaban J connectivity index is 0.000000479. The monoisotopic (exact) mass is 685 g/mol. The zero-order valence-corrected chi connectivity index (χ0v) is 25.7. The van der Waals surface area contributed by atoms with Gasteiger partial charge in [0, 0.05) is 44.3 Å². The summed E-state index contributed by atoms with van der Waals surface area (Å²) in [4.78, 5) is 44.6. The van der Waals surface area contributed by atoms with E-state index in [0.717, 1.165) is 37.3 Å².